The molecular formula is C7H9FN2O. The van der Waals surface area contributed by atoms with Crippen molar-refractivity contribution in [1.29, 1.82) is 0 Å². The van der Waals surface area contributed by atoms with Gasteiger partial charge in [0.2, 0.25) is 5.95 Å². The number of rotatable bonds is 2. The van der Waals surface area contributed by atoms with E-state index < -0.39 is 5.95 Å². The second-order valence-electron chi connectivity index (χ2n) is 2.05. The quantitative estimate of drug-likeness (QED) is 0.606. The minimum absolute atomic E-state index is 0.102. The first-order valence-corrected chi connectivity index (χ1v) is 3.36. The third-order valence-electron chi connectivity index (χ3n) is 1.08. The van der Waals surface area contributed by atoms with Gasteiger partial charge in [-0.1, -0.05) is 0 Å². The molecule has 0 aliphatic rings. The molecule has 0 radical (unpaired) electrons. The summed E-state index contributed by atoms with van der Waals surface area (Å²) in [6.07, 6.45) is 0. The van der Waals surface area contributed by atoms with Gasteiger partial charge in [0.1, 0.15) is 0 Å². The molecule has 60 valence electrons. The van der Waals surface area contributed by atoms with Crippen molar-refractivity contribution in [3.05, 3.63) is 17.7 Å². The number of hydrogen-bond acceptors (Lipinski definition) is 3. The number of halogens is 1. The SMILES string of the molecule is CCOc1nc(C)cc(F)n1. The molecule has 1 heterocycles. The van der Waals surface area contributed by atoms with Crippen molar-refractivity contribution in [1.82, 2.24) is 9.97 Å². The summed E-state index contributed by atoms with van der Waals surface area (Å²) in [6, 6.07) is 1.35. The van der Waals surface area contributed by atoms with Crippen LogP contribution < -0.4 is 4.74 Å². The highest BCUT2D eigenvalue weighted by Crippen LogP contribution is 2.04. The summed E-state index contributed by atoms with van der Waals surface area (Å²) in [5.41, 5.74) is 0.570. The van der Waals surface area contributed by atoms with Gasteiger partial charge in [-0.15, -0.1) is 0 Å². The van der Waals surface area contributed by atoms with Crippen LogP contribution in [0.4, 0.5) is 4.39 Å². The Morgan fingerprint density at radius 2 is 2.27 bits per heavy atom. The van der Waals surface area contributed by atoms with Crippen molar-refractivity contribution in [2.45, 2.75) is 13.8 Å². The number of nitrogens with zero attached hydrogens (tertiary/aromatic N) is 2. The highest BCUT2D eigenvalue weighted by molar-refractivity contribution is 5.04. The van der Waals surface area contributed by atoms with Crippen LogP contribution in [0.1, 0.15) is 12.6 Å². The second kappa shape index (κ2) is 3.27. The van der Waals surface area contributed by atoms with E-state index >= 15 is 0 Å². The fourth-order valence-electron chi connectivity index (χ4n) is 0.698. The molecule has 3 nitrogen and oxygen atoms in total. The lowest BCUT2D eigenvalue weighted by Gasteiger charge is -2.00. The van der Waals surface area contributed by atoms with E-state index in [4.69, 9.17) is 4.74 Å². The molecule has 0 aromatic carbocycles. The summed E-state index contributed by atoms with van der Waals surface area (Å²) in [5, 5.41) is 0. The third kappa shape index (κ3) is 2.14. The number of aryl methyl sites for hydroxylation is 1. The highest BCUT2D eigenvalue weighted by atomic mass is 19.1. The van der Waals surface area contributed by atoms with Crippen LogP contribution in [-0.4, -0.2) is 16.6 Å². The molecule has 0 fully saturated rings. The van der Waals surface area contributed by atoms with Gasteiger partial charge in [0.25, 0.3) is 0 Å². The Bertz CT molecular complexity index is 232. The van der Waals surface area contributed by atoms with Crippen LogP contribution in [0.2, 0.25) is 0 Å². The molecule has 0 aliphatic heterocycles. The van der Waals surface area contributed by atoms with Gasteiger partial charge in [0.15, 0.2) is 0 Å². The lowest BCUT2D eigenvalue weighted by atomic mass is 10.5. The Hall–Kier alpha value is -1.19. The lowest BCUT2D eigenvalue weighted by molar-refractivity contribution is 0.305. The number of ether oxygens (including phenoxy) is 1. The Kier molecular flexibility index (Phi) is 2.36. The Morgan fingerprint density at radius 1 is 1.55 bits per heavy atom. The van der Waals surface area contributed by atoms with E-state index in [0.29, 0.717) is 12.3 Å². The zero-order chi connectivity index (χ0) is 8.27. The smallest absolute Gasteiger partial charge is 0.319 e. The van der Waals surface area contributed by atoms with E-state index in [1.54, 1.807) is 13.8 Å². The standard InChI is InChI=1S/C7H9FN2O/c1-3-11-7-9-5(2)4-6(8)10-7/h4H,3H2,1-2H3. The Balaban J connectivity index is 2.89. The van der Waals surface area contributed by atoms with Gasteiger partial charge in [-0.2, -0.15) is 9.37 Å². The van der Waals surface area contributed by atoms with E-state index in [0.717, 1.165) is 0 Å². The second-order valence-corrected chi connectivity index (χ2v) is 2.05. The van der Waals surface area contributed by atoms with E-state index in [9.17, 15) is 4.39 Å². The van der Waals surface area contributed by atoms with Crippen LogP contribution >= 0.6 is 0 Å². The zero-order valence-corrected chi connectivity index (χ0v) is 6.47. The summed E-state index contributed by atoms with van der Waals surface area (Å²) >= 11 is 0. The lowest BCUT2D eigenvalue weighted by Crippen LogP contribution is -2.00. The summed E-state index contributed by atoms with van der Waals surface area (Å²) in [7, 11) is 0. The molecule has 0 bridgehead atoms. The average molecular weight is 156 g/mol. The molecule has 4 heteroatoms. The molecule has 1 aromatic heterocycles. The van der Waals surface area contributed by atoms with Crippen molar-refractivity contribution in [2.75, 3.05) is 6.61 Å². The first kappa shape index (κ1) is 7.91. The topological polar surface area (TPSA) is 35.0 Å². The van der Waals surface area contributed by atoms with Gasteiger partial charge < -0.3 is 4.74 Å². The Labute approximate surface area is 64.2 Å². The van der Waals surface area contributed by atoms with Crippen molar-refractivity contribution in [3.8, 4) is 6.01 Å². The van der Waals surface area contributed by atoms with Gasteiger partial charge in [-0.25, -0.2) is 4.98 Å². The monoisotopic (exact) mass is 156 g/mol. The maximum atomic E-state index is 12.5. The molecule has 0 saturated carbocycles. The zero-order valence-electron chi connectivity index (χ0n) is 6.47. The predicted octanol–water partition coefficient (Wildman–Crippen LogP) is 1.32. The van der Waals surface area contributed by atoms with Gasteiger partial charge in [0.05, 0.1) is 6.61 Å². The molecule has 0 unspecified atom stereocenters. The molecule has 0 spiro atoms. The fourth-order valence-corrected chi connectivity index (χ4v) is 0.698. The molecule has 0 amide bonds. The van der Waals surface area contributed by atoms with E-state index in [-0.39, 0.29) is 6.01 Å². The summed E-state index contributed by atoms with van der Waals surface area (Å²) < 4.78 is 17.4. The molecular weight excluding hydrogens is 147 g/mol. The summed E-state index contributed by atoms with van der Waals surface area (Å²) in [4.78, 5) is 7.27. The fraction of sp³-hybridized carbons (Fsp3) is 0.429. The summed E-state index contributed by atoms with van der Waals surface area (Å²) in [6.45, 7) is 3.93. The van der Waals surface area contributed by atoms with Crippen LogP contribution in [0, 0.1) is 12.9 Å². The first-order valence-electron chi connectivity index (χ1n) is 3.36. The highest BCUT2D eigenvalue weighted by Gasteiger charge is 2.00. The maximum Gasteiger partial charge on any atom is 0.319 e. The minimum atomic E-state index is -0.555. The molecule has 1 aromatic rings. The third-order valence-corrected chi connectivity index (χ3v) is 1.08. The molecule has 0 atom stereocenters. The van der Waals surface area contributed by atoms with E-state index in [1.807, 2.05) is 0 Å². The van der Waals surface area contributed by atoms with E-state index in [2.05, 4.69) is 9.97 Å². The molecule has 0 saturated heterocycles. The van der Waals surface area contributed by atoms with Gasteiger partial charge in [-0.05, 0) is 13.8 Å². The van der Waals surface area contributed by atoms with Crippen LogP contribution in [-0.2, 0) is 0 Å². The Morgan fingerprint density at radius 3 is 2.82 bits per heavy atom. The molecule has 1 rings (SSSR count). The van der Waals surface area contributed by atoms with Crippen molar-refractivity contribution in [2.24, 2.45) is 0 Å². The van der Waals surface area contributed by atoms with Gasteiger partial charge in [0, 0.05) is 11.8 Å². The van der Waals surface area contributed by atoms with Crippen LogP contribution in [0.15, 0.2) is 6.07 Å². The van der Waals surface area contributed by atoms with Crippen LogP contribution in [0.25, 0.3) is 0 Å². The maximum absolute atomic E-state index is 12.5. The number of hydrogen-bond donors (Lipinski definition) is 0. The van der Waals surface area contributed by atoms with Gasteiger partial charge >= 0.3 is 6.01 Å². The van der Waals surface area contributed by atoms with Crippen LogP contribution in [0.5, 0.6) is 6.01 Å². The first-order chi connectivity index (χ1) is 5.22. The summed E-state index contributed by atoms with van der Waals surface area (Å²) in [5.74, 6) is -0.555. The average Bonchev–Trinajstić information content (AvgIpc) is 1.85. The van der Waals surface area contributed by atoms with Crippen molar-refractivity contribution in [3.63, 3.8) is 0 Å². The van der Waals surface area contributed by atoms with Crippen molar-refractivity contribution >= 4 is 0 Å². The normalized spacial score (nSPS) is 9.73. The molecule has 11 heavy (non-hydrogen) atoms. The molecule has 0 N–H and O–H groups in total. The van der Waals surface area contributed by atoms with Crippen LogP contribution in [0.3, 0.4) is 0 Å². The largest absolute Gasteiger partial charge is 0.464 e. The molecule has 0 aliphatic carbocycles. The predicted molar refractivity (Wildman–Crippen MR) is 37.9 cm³/mol. The van der Waals surface area contributed by atoms with Gasteiger partial charge in [-0.3, -0.25) is 0 Å². The number of aromatic nitrogens is 2. The minimum Gasteiger partial charge on any atom is -0.464 e. The van der Waals surface area contributed by atoms with E-state index in [1.165, 1.54) is 6.07 Å². The van der Waals surface area contributed by atoms with Crippen molar-refractivity contribution < 1.29 is 9.13 Å².